The third-order valence-electron chi connectivity index (χ3n) is 3.00. The van der Waals surface area contributed by atoms with Gasteiger partial charge in [0.25, 0.3) is 0 Å². The monoisotopic (exact) mass is 227 g/mol. The summed E-state index contributed by atoms with van der Waals surface area (Å²) in [5, 5.41) is 0. The number of hydrogen-bond donors (Lipinski definition) is 1. The van der Waals surface area contributed by atoms with Gasteiger partial charge in [0, 0.05) is 20.3 Å². The van der Waals surface area contributed by atoms with Crippen LogP contribution in [-0.2, 0) is 0 Å². The molecule has 3 heterocycles. The molecule has 2 aromatic rings. The van der Waals surface area contributed by atoms with E-state index >= 15 is 0 Å². The first-order valence-corrected chi connectivity index (χ1v) is 5.37. The average molecular weight is 227 g/mol. The summed E-state index contributed by atoms with van der Waals surface area (Å²) < 4.78 is 0. The van der Waals surface area contributed by atoms with Crippen molar-refractivity contribution in [3.8, 4) is 0 Å². The summed E-state index contributed by atoms with van der Waals surface area (Å²) in [5.74, 6) is 2.24. The van der Waals surface area contributed by atoms with E-state index in [4.69, 9.17) is 5.73 Å². The fourth-order valence-electron chi connectivity index (χ4n) is 2.10. The SMILES string of the molecule is CN1c2cccnc2N(C)c2nc(N)ccc21. The Labute approximate surface area is 99.5 Å². The summed E-state index contributed by atoms with van der Waals surface area (Å²) in [6.45, 7) is 0. The molecule has 1 aliphatic rings. The van der Waals surface area contributed by atoms with E-state index in [1.807, 2.05) is 43.3 Å². The van der Waals surface area contributed by atoms with Crippen LogP contribution in [0.2, 0.25) is 0 Å². The Hall–Kier alpha value is -2.30. The zero-order chi connectivity index (χ0) is 12.0. The maximum absolute atomic E-state index is 5.73. The van der Waals surface area contributed by atoms with Gasteiger partial charge >= 0.3 is 0 Å². The highest BCUT2D eigenvalue weighted by Crippen LogP contribution is 2.43. The maximum atomic E-state index is 5.73. The van der Waals surface area contributed by atoms with Gasteiger partial charge in [0.1, 0.15) is 5.82 Å². The molecule has 1 aliphatic heterocycles. The molecule has 0 atom stereocenters. The van der Waals surface area contributed by atoms with Gasteiger partial charge in [-0.15, -0.1) is 0 Å². The Bertz CT molecular complexity index is 581. The molecule has 0 unspecified atom stereocenters. The standard InChI is InChI=1S/C12H13N5/c1-16-8-4-3-7-14-11(8)17(2)12-9(16)5-6-10(13)15-12/h3-7H,1-2H3,(H2,13,15). The van der Waals surface area contributed by atoms with Gasteiger partial charge in [-0.2, -0.15) is 0 Å². The smallest absolute Gasteiger partial charge is 0.160 e. The van der Waals surface area contributed by atoms with Gasteiger partial charge in [0.05, 0.1) is 11.4 Å². The lowest BCUT2D eigenvalue weighted by molar-refractivity contribution is 1.01. The van der Waals surface area contributed by atoms with Crippen molar-refractivity contribution in [2.24, 2.45) is 0 Å². The molecule has 17 heavy (non-hydrogen) atoms. The number of nitrogen functional groups attached to an aromatic ring is 1. The van der Waals surface area contributed by atoms with Crippen molar-refractivity contribution < 1.29 is 0 Å². The van der Waals surface area contributed by atoms with Gasteiger partial charge in [0.2, 0.25) is 0 Å². The molecule has 2 N–H and O–H groups in total. The molecule has 3 rings (SSSR count). The number of rotatable bonds is 0. The van der Waals surface area contributed by atoms with E-state index in [0.717, 1.165) is 23.0 Å². The van der Waals surface area contributed by atoms with Crippen molar-refractivity contribution in [3.05, 3.63) is 30.5 Å². The Balaban J connectivity index is 2.25. The lowest BCUT2D eigenvalue weighted by Crippen LogP contribution is -2.26. The minimum atomic E-state index is 0.517. The van der Waals surface area contributed by atoms with Crippen molar-refractivity contribution in [2.45, 2.75) is 0 Å². The quantitative estimate of drug-likeness (QED) is 0.745. The first-order chi connectivity index (χ1) is 8.18. The second-order valence-corrected chi connectivity index (χ2v) is 4.04. The predicted octanol–water partition coefficient (Wildman–Crippen LogP) is 1.91. The van der Waals surface area contributed by atoms with Crippen molar-refractivity contribution in [3.63, 3.8) is 0 Å². The molecule has 0 saturated carbocycles. The third kappa shape index (κ3) is 1.32. The number of pyridine rings is 2. The van der Waals surface area contributed by atoms with Crippen LogP contribution in [0.25, 0.3) is 0 Å². The second-order valence-electron chi connectivity index (χ2n) is 4.04. The molecule has 0 radical (unpaired) electrons. The summed E-state index contributed by atoms with van der Waals surface area (Å²) >= 11 is 0. The van der Waals surface area contributed by atoms with E-state index in [-0.39, 0.29) is 0 Å². The molecular weight excluding hydrogens is 214 g/mol. The highest BCUT2D eigenvalue weighted by atomic mass is 15.3. The number of anilines is 5. The van der Waals surface area contributed by atoms with Gasteiger partial charge < -0.3 is 15.5 Å². The Morgan fingerprint density at radius 1 is 1.00 bits per heavy atom. The fraction of sp³-hybridized carbons (Fsp3) is 0.167. The molecule has 5 nitrogen and oxygen atoms in total. The summed E-state index contributed by atoms with van der Waals surface area (Å²) in [5.41, 5.74) is 7.83. The van der Waals surface area contributed by atoms with Crippen LogP contribution in [0.1, 0.15) is 0 Å². The summed E-state index contributed by atoms with van der Waals surface area (Å²) in [6, 6.07) is 7.76. The molecule has 0 aliphatic carbocycles. The largest absolute Gasteiger partial charge is 0.384 e. The van der Waals surface area contributed by atoms with Crippen LogP contribution in [-0.4, -0.2) is 24.1 Å². The average Bonchev–Trinajstić information content (AvgIpc) is 2.36. The van der Waals surface area contributed by atoms with Crippen LogP contribution in [0.4, 0.5) is 28.8 Å². The van der Waals surface area contributed by atoms with Crippen molar-refractivity contribution >= 4 is 28.8 Å². The van der Waals surface area contributed by atoms with Gasteiger partial charge in [0.15, 0.2) is 11.6 Å². The minimum Gasteiger partial charge on any atom is -0.384 e. The lowest BCUT2D eigenvalue weighted by Gasteiger charge is -2.34. The normalized spacial score (nSPS) is 13.3. The summed E-state index contributed by atoms with van der Waals surface area (Å²) in [6.07, 6.45) is 1.78. The van der Waals surface area contributed by atoms with E-state index in [1.165, 1.54) is 0 Å². The highest BCUT2D eigenvalue weighted by molar-refractivity contribution is 5.89. The number of fused-ring (bicyclic) bond motifs is 2. The van der Waals surface area contributed by atoms with Gasteiger partial charge in [-0.1, -0.05) is 0 Å². The number of nitrogens with zero attached hydrogens (tertiary/aromatic N) is 4. The first kappa shape index (κ1) is 9.89. The molecule has 0 aromatic carbocycles. The molecule has 2 aromatic heterocycles. The summed E-state index contributed by atoms with van der Waals surface area (Å²) in [7, 11) is 3.95. The van der Waals surface area contributed by atoms with E-state index in [2.05, 4.69) is 14.9 Å². The zero-order valence-electron chi connectivity index (χ0n) is 9.75. The second kappa shape index (κ2) is 3.35. The van der Waals surface area contributed by atoms with E-state index < -0.39 is 0 Å². The summed E-state index contributed by atoms with van der Waals surface area (Å²) in [4.78, 5) is 12.8. The predicted molar refractivity (Wildman–Crippen MR) is 69.0 cm³/mol. The van der Waals surface area contributed by atoms with Crippen LogP contribution in [0.3, 0.4) is 0 Å². The van der Waals surface area contributed by atoms with Crippen molar-refractivity contribution in [1.29, 1.82) is 0 Å². The molecule has 0 amide bonds. The van der Waals surface area contributed by atoms with Crippen molar-refractivity contribution in [1.82, 2.24) is 9.97 Å². The highest BCUT2D eigenvalue weighted by Gasteiger charge is 2.25. The Morgan fingerprint density at radius 3 is 2.59 bits per heavy atom. The van der Waals surface area contributed by atoms with Gasteiger partial charge in [-0.25, -0.2) is 9.97 Å². The minimum absolute atomic E-state index is 0.517. The fourth-order valence-corrected chi connectivity index (χ4v) is 2.10. The molecule has 0 saturated heterocycles. The zero-order valence-corrected chi connectivity index (χ0v) is 9.75. The van der Waals surface area contributed by atoms with Crippen LogP contribution in [0, 0.1) is 0 Å². The van der Waals surface area contributed by atoms with E-state index in [9.17, 15) is 0 Å². The van der Waals surface area contributed by atoms with Crippen LogP contribution >= 0.6 is 0 Å². The van der Waals surface area contributed by atoms with Crippen molar-refractivity contribution in [2.75, 3.05) is 29.6 Å². The Morgan fingerprint density at radius 2 is 1.76 bits per heavy atom. The first-order valence-electron chi connectivity index (χ1n) is 5.37. The van der Waals surface area contributed by atoms with Crippen LogP contribution in [0.15, 0.2) is 30.5 Å². The molecule has 5 heteroatoms. The van der Waals surface area contributed by atoms with E-state index in [1.54, 1.807) is 6.20 Å². The maximum Gasteiger partial charge on any atom is 0.160 e. The van der Waals surface area contributed by atoms with Crippen LogP contribution < -0.4 is 15.5 Å². The molecule has 0 bridgehead atoms. The van der Waals surface area contributed by atoms with Crippen LogP contribution in [0.5, 0.6) is 0 Å². The van der Waals surface area contributed by atoms with Gasteiger partial charge in [-0.05, 0) is 24.3 Å². The molecular formula is C12H13N5. The molecule has 86 valence electrons. The number of nitrogens with two attached hydrogens (primary N) is 1. The molecule has 0 fully saturated rings. The Kier molecular flexibility index (Phi) is 1.95. The van der Waals surface area contributed by atoms with Gasteiger partial charge in [-0.3, -0.25) is 0 Å². The van der Waals surface area contributed by atoms with E-state index in [0.29, 0.717) is 5.82 Å². The lowest BCUT2D eigenvalue weighted by atomic mass is 10.2. The number of hydrogen-bond acceptors (Lipinski definition) is 5. The molecule has 0 spiro atoms. The number of aromatic nitrogens is 2. The third-order valence-corrected chi connectivity index (χ3v) is 3.00. The topological polar surface area (TPSA) is 58.3 Å².